The number of aryl methyl sites for hydroxylation is 1. The summed E-state index contributed by atoms with van der Waals surface area (Å²) in [6.45, 7) is 5.56. The van der Waals surface area contributed by atoms with Crippen LogP contribution in [-0.4, -0.2) is 34.8 Å². The fraction of sp³-hybridized carbons (Fsp3) is 0.500. The summed E-state index contributed by atoms with van der Waals surface area (Å²) in [4.78, 5) is 2.43. The Morgan fingerprint density at radius 1 is 1.14 bits per heavy atom. The fourth-order valence-electron chi connectivity index (χ4n) is 3.39. The highest BCUT2D eigenvalue weighted by atomic mass is 15.3. The van der Waals surface area contributed by atoms with Crippen LogP contribution in [0.1, 0.15) is 42.5 Å². The van der Waals surface area contributed by atoms with Gasteiger partial charge in [-0.05, 0) is 51.0 Å². The lowest BCUT2D eigenvalue weighted by Gasteiger charge is -2.30. The first-order chi connectivity index (χ1) is 10.3. The molecule has 1 aliphatic heterocycles. The van der Waals surface area contributed by atoms with E-state index in [-0.39, 0.29) is 0 Å². The van der Waals surface area contributed by atoms with Crippen molar-refractivity contribution in [3.63, 3.8) is 0 Å². The Labute approximate surface area is 127 Å². The van der Waals surface area contributed by atoms with E-state index in [0.717, 1.165) is 13.0 Å². The van der Waals surface area contributed by atoms with Crippen molar-refractivity contribution in [2.24, 2.45) is 0 Å². The molecule has 2 aromatic rings. The van der Waals surface area contributed by atoms with E-state index >= 15 is 0 Å². The molecule has 21 heavy (non-hydrogen) atoms. The Hall–Kier alpha value is -1.61. The van der Waals surface area contributed by atoms with Gasteiger partial charge in [0.15, 0.2) is 0 Å². The maximum absolute atomic E-state index is 4.63. The quantitative estimate of drug-likeness (QED) is 0.858. The van der Waals surface area contributed by atoms with Crippen LogP contribution in [0.25, 0.3) is 0 Å². The normalized spacial score (nSPS) is 17.2. The summed E-state index contributed by atoms with van der Waals surface area (Å²) in [5, 5.41) is 4.63. The lowest BCUT2D eigenvalue weighted by Crippen LogP contribution is -2.30. The van der Waals surface area contributed by atoms with Crippen LogP contribution in [0, 0.1) is 0 Å². The zero-order valence-electron chi connectivity index (χ0n) is 13.1. The van der Waals surface area contributed by atoms with Crippen molar-refractivity contribution in [2.45, 2.75) is 38.6 Å². The molecular formula is C18H25N3. The molecule has 0 bridgehead atoms. The molecule has 1 aromatic heterocycles. The molecule has 0 saturated carbocycles. The van der Waals surface area contributed by atoms with Crippen molar-refractivity contribution in [1.82, 2.24) is 14.7 Å². The third kappa shape index (κ3) is 3.18. The van der Waals surface area contributed by atoms with E-state index in [1.165, 1.54) is 42.8 Å². The van der Waals surface area contributed by atoms with E-state index in [0.29, 0.717) is 5.92 Å². The molecule has 1 aliphatic rings. The predicted octanol–water partition coefficient (Wildman–Crippen LogP) is 3.30. The van der Waals surface area contributed by atoms with E-state index in [1.54, 1.807) is 0 Å². The van der Waals surface area contributed by atoms with Crippen molar-refractivity contribution in [2.75, 3.05) is 20.1 Å². The summed E-state index contributed by atoms with van der Waals surface area (Å²) in [5.41, 5.74) is 4.27. The van der Waals surface area contributed by atoms with Crippen molar-refractivity contribution in [3.8, 4) is 0 Å². The summed E-state index contributed by atoms with van der Waals surface area (Å²) >= 11 is 0. The van der Waals surface area contributed by atoms with Crippen LogP contribution >= 0.6 is 0 Å². The van der Waals surface area contributed by atoms with Gasteiger partial charge in [0.05, 0.1) is 6.20 Å². The van der Waals surface area contributed by atoms with E-state index in [2.05, 4.69) is 65.2 Å². The Morgan fingerprint density at radius 3 is 2.52 bits per heavy atom. The number of hydrogen-bond acceptors (Lipinski definition) is 2. The molecular weight excluding hydrogens is 258 g/mol. The maximum Gasteiger partial charge on any atom is 0.0528 e. The largest absolute Gasteiger partial charge is 0.306 e. The molecule has 0 radical (unpaired) electrons. The minimum absolute atomic E-state index is 0.669. The third-order valence-corrected chi connectivity index (χ3v) is 4.60. The summed E-state index contributed by atoms with van der Waals surface area (Å²) in [6, 6.07) is 10.7. The molecule has 112 valence electrons. The van der Waals surface area contributed by atoms with Crippen LogP contribution in [0.5, 0.6) is 0 Å². The summed E-state index contributed by atoms with van der Waals surface area (Å²) in [7, 11) is 2.22. The lowest BCUT2D eigenvalue weighted by atomic mass is 9.89. The first-order valence-corrected chi connectivity index (χ1v) is 8.05. The molecule has 0 atom stereocenters. The number of nitrogens with zero attached hydrogens (tertiary/aromatic N) is 3. The maximum atomic E-state index is 4.63. The zero-order chi connectivity index (χ0) is 14.7. The minimum atomic E-state index is 0.669. The van der Waals surface area contributed by atoms with E-state index in [1.807, 2.05) is 0 Å². The molecule has 2 heterocycles. The van der Waals surface area contributed by atoms with E-state index in [4.69, 9.17) is 0 Å². The highest BCUT2D eigenvalue weighted by Crippen LogP contribution is 2.31. The van der Waals surface area contributed by atoms with Gasteiger partial charge in [0, 0.05) is 24.6 Å². The van der Waals surface area contributed by atoms with Gasteiger partial charge >= 0.3 is 0 Å². The topological polar surface area (TPSA) is 21.1 Å². The van der Waals surface area contributed by atoms with Gasteiger partial charge in [-0.3, -0.25) is 4.68 Å². The Balaban J connectivity index is 1.85. The molecule has 0 N–H and O–H groups in total. The van der Waals surface area contributed by atoms with Gasteiger partial charge in [-0.15, -0.1) is 0 Å². The molecule has 1 aromatic carbocycles. The summed E-state index contributed by atoms with van der Waals surface area (Å²) in [5.74, 6) is 0.669. The van der Waals surface area contributed by atoms with Crippen LogP contribution in [-0.2, 0) is 13.0 Å². The van der Waals surface area contributed by atoms with Crippen molar-refractivity contribution >= 4 is 0 Å². The molecule has 0 unspecified atom stereocenters. The van der Waals surface area contributed by atoms with E-state index in [9.17, 15) is 0 Å². The van der Waals surface area contributed by atoms with Crippen LogP contribution in [0.4, 0.5) is 0 Å². The molecule has 3 nitrogen and oxygen atoms in total. The molecule has 0 amide bonds. The fourth-order valence-corrected chi connectivity index (χ4v) is 3.39. The first kappa shape index (κ1) is 14.3. The number of likely N-dealkylation sites (tertiary alicyclic amines) is 1. The van der Waals surface area contributed by atoms with Gasteiger partial charge in [-0.25, -0.2) is 0 Å². The van der Waals surface area contributed by atoms with Crippen molar-refractivity contribution in [1.29, 1.82) is 0 Å². The van der Waals surface area contributed by atoms with Gasteiger partial charge in [0.2, 0.25) is 0 Å². The van der Waals surface area contributed by atoms with Crippen LogP contribution in [0.3, 0.4) is 0 Å². The number of rotatable bonds is 4. The highest BCUT2D eigenvalue weighted by Gasteiger charge is 2.24. The van der Waals surface area contributed by atoms with Crippen LogP contribution in [0.2, 0.25) is 0 Å². The van der Waals surface area contributed by atoms with Crippen LogP contribution < -0.4 is 0 Å². The second-order valence-corrected chi connectivity index (χ2v) is 6.11. The van der Waals surface area contributed by atoms with Gasteiger partial charge in [0.1, 0.15) is 0 Å². The molecule has 1 saturated heterocycles. The number of piperidine rings is 1. The number of hydrogen-bond donors (Lipinski definition) is 0. The smallest absolute Gasteiger partial charge is 0.0528 e. The van der Waals surface area contributed by atoms with Gasteiger partial charge in [-0.2, -0.15) is 5.10 Å². The molecule has 0 spiro atoms. The summed E-state index contributed by atoms with van der Waals surface area (Å²) < 4.78 is 2.22. The molecule has 0 aliphatic carbocycles. The summed E-state index contributed by atoms with van der Waals surface area (Å²) in [6.07, 6.45) is 5.60. The Kier molecular flexibility index (Phi) is 4.39. The highest BCUT2D eigenvalue weighted by molar-refractivity contribution is 5.30. The SMILES string of the molecule is CCn1ncc(Cc2ccccc2)c1C1CCN(C)CC1. The second-order valence-electron chi connectivity index (χ2n) is 6.11. The monoisotopic (exact) mass is 283 g/mol. The average Bonchev–Trinajstić information content (AvgIpc) is 2.92. The van der Waals surface area contributed by atoms with Gasteiger partial charge in [-0.1, -0.05) is 30.3 Å². The van der Waals surface area contributed by atoms with E-state index < -0.39 is 0 Å². The van der Waals surface area contributed by atoms with Crippen molar-refractivity contribution in [3.05, 3.63) is 53.3 Å². The van der Waals surface area contributed by atoms with Gasteiger partial charge < -0.3 is 4.90 Å². The second kappa shape index (κ2) is 6.44. The molecule has 3 rings (SSSR count). The zero-order valence-corrected chi connectivity index (χ0v) is 13.1. The Morgan fingerprint density at radius 2 is 1.86 bits per heavy atom. The first-order valence-electron chi connectivity index (χ1n) is 8.05. The number of benzene rings is 1. The molecule has 3 heteroatoms. The van der Waals surface area contributed by atoms with Gasteiger partial charge in [0.25, 0.3) is 0 Å². The average molecular weight is 283 g/mol. The third-order valence-electron chi connectivity index (χ3n) is 4.60. The number of aromatic nitrogens is 2. The van der Waals surface area contributed by atoms with Crippen LogP contribution in [0.15, 0.2) is 36.5 Å². The Bertz CT molecular complexity index is 565. The minimum Gasteiger partial charge on any atom is -0.306 e. The lowest BCUT2D eigenvalue weighted by molar-refractivity contribution is 0.249. The van der Waals surface area contributed by atoms with Crippen molar-refractivity contribution < 1.29 is 0 Å². The molecule has 1 fully saturated rings. The standard InChI is InChI=1S/C18H25N3/c1-3-21-18(16-9-11-20(2)12-10-16)17(14-19-21)13-15-7-5-4-6-8-15/h4-8,14,16H,3,9-13H2,1-2H3. The predicted molar refractivity (Wildman–Crippen MR) is 86.6 cm³/mol.